The molecule has 2 aliphatic heterocycles. The Hall–Kier alpha value is -3.01. The van der Waals surface area contributed by atoms with Gasteiger partial charge in [0.25, 0.3) is 5.91 Å². The monoisotopic (exact) mass is 397 g/mol. The maximum atomic E-state index is 12.6. The predicted molar refractivity (Wildman–Crippen MR) is 101 cm³/mol. The molecule has 9 nitrogen and oxygen atoms in total. The van der Waals surface area contributed by atoms with Crippen LogP contribution < -0.4 is 5.32 Å². The molecule has 5 rings (SSSR count). The average molecular weight is 397 g/mol. The van der Waals surface area contributed by atoms with Gasteiger partial charge >= 0.3 is 0 Å². The fourth-order valence-corrected chi connectivity index (χ4v) is 4.81. The van der Waals surface area contributed by atoms with Gasteiger partial charge in [-0.1, -0.05) is 0 Å². The third-order valence-electron chi connectivity index (χ3n) is 5.44. The second kappa shape index (κ2) is 6.26. The van der Waals surface area contributed by atoms with Crippen LogP contribution in [0.5, 0.6) is 0 Å². The molecular weight excluding hydrogens is 378 g/mol. The quantitative estimate of drug-likeness (QED) is 0.707. The molecule has 10 heteroatoms. The van der Waals surface area contributed by atoms with Crippen molar-refractivity contribution < 1.29 is 9.59 Å². The Bertz CT molecular complexity index is 1030. The lowest BCUT2D eigenvalue weighted by atomic mass is 9.86. The number of thiophene rings is 1. The van der Waals surface area contributed by atoms with Gasteiger partial charge in [0.15, 0.2) is 0 Å². The number of rotatable bonds is 4. The van der Waals surface area contributed by atoms with Gasteiger partial charge in [-0.05, 0) is 13.0 Å². The van der Waals surface area contributed by atoms with Crippen LogP contribution in [0.3, 0.4) is 0 Å². The zero-order valence-corrected chi connectivity index (χ0v) is 16.1. The van der Waals surface area contributed by atoms with Crippen molar-refractivity contribution in [3.8, 4) is 0 Å². The number of aryl methyl sites for hydroxylation is 1. The van der Waals surface area contributed by atoms with Crippen molar-refractivity contribution in [2.75, 3.05) is 13.1 Å². The SMILES string of the molecule is Cc1cc(C(=O)NC2CC3(CN(C(=O)Cn4nccn4)C3)n3ccnc32)cs1. The highest BCUT2D eigenvalue weighted by Gasteiger charge is 2.53. The molecule has 1 spiro atoms. The number of likely N-dealkylation sites (tertiary alicyclic amines) is 1. The number of aromatic nitrogens is 5. The summed E-state index contributed by atoms with van der Waals surface area (Å²) in [5.41, 5.74) is 0.473. The molecule has 1 saturated heterocycles. The predicted octanol–water partition coefficient (Wildman–Crippen LogP) is 0.957. The van der Waals surface area contributed by atoms with Gasteiger partial charge in [-0.3, -0.25) is 9.59 Å². The van der Waals surface area contributed by atoms with Crippen molar-refractivity contribution in [1.29, 1.82) is 0 Å². The summed E-state index contributed by atoms with van der Waals surface area (Å²) in [5, 5.41) is 13.0. The standard InChI is InChI=1S/C18H19N7O2S/c1-12-6-13(9-28-12)17(27)22-14-7-18(24-5-4-19-16(14)24)10-23(11-18)15(26)8-25-20-2-3-21-25/h2-6,9,14H,7-8,10-11H2,1H3,(H,22,27). The van der Waals surface area contributed by atoms with E-state index in [4.69, 9.17) is 0 Å². The normalized spacial score (nSPS) is 19.5. The van der Waals surface area contributed by atoms with Crippen LogP contribution in [-0.4, -0.2) is 54.3 Å². The van der Waals surface area contributed by atoms with E-state index in [0.29, 0.717) is 18.7 Å². The van der Waals surface area contributed by atoms with Gasteiger partial charge in [-0.25, -0.2) is 4.98 Å². The third-order valence-corrected chi connectivity index (χ3v) is 6.30. The van der Waals surface area contributed by atoms with E-state index in [2.05, 4.69) is 25.1 Å². The first kappa shape index (κ1) is 17.1. The zero-order chi connectivity index (χ0) is 19.3. The van der Waals surface area contributed by atoms with Crippen molar-refractivity contribution in [3.63, 3.8) is 0 Å². The summed E-state index contributed by atoms with van der Waals surface area (Å²) in [4.78, 5) is 33.8. The molecule has 3 aromatic heterocycles. The van der Waals surface area contributed by atoms with Crippen molar-refractivity contribution in [1.82, 2.24) is 34.8 Å². The highest BCUT2D eigenvalue weighted by molar-refractivity contribution is 7.10. The van der Waals surface area contributed by atoms with E-state index in [0.717, 1.165) is 17.1 Å². The maximum Gasteiger partial charge on any atom is 0.252 e. The molecule has 1 atom stereocenters. The summed E-state index contributed by atoms with van der Waals surface area (Å²) in [6, 6.07) is 1.73. The van der Waals surface area contributed by atoms with Crippen LogP contribution in [0.2, 0.25) is 0 Å². The first-order valence-corrected chi connectivity index (χ1v) is 9.94. The lowest BCUT2D eigenvalue weighted by Crippen LogP contribution is -2.63. The van der Waals surface area contributed by atoms with E-state index in [-0.39, 0.29) is 29.9 Å². The Morgan fingerprint density at radius 1 is 1.29 bits per heavy atom. The molecule has 2 amide bonds. The summed E-state index contributed by atoms with van der Waals surface area (Å²) >= 11 is 1.56. The Morgan fingerprint density at radius 2 is 2.07 bits per heavy atom. The smallest absolute Gasteiger partial charge is 0.252 e. The molecule has 1 unspecified atom stereocenters. The Morgan fingerprint density at radius 3 is 2.79 bits per heavy atom. The first-order chi connectivity index (χ1) is 13.5. The molecule has 0 bridgehead atoms. The van der Waals surface area contributed by atoms with E-state index in [1.54, 1.807) is 34.8 Å². The van der Waals surface area contributed by atoms with Gasteiger partial charge in [0.05, 0.1) is 29.5 Å². The summed E-state index contributed by atoms with van der Waals surface area (Å²) in [6.45, 7) is 3.32. The maximum absolute atomic E-state index is 12.6. The fraction of sp³-hybridized carbons (Fsp3) is 0.389. The average Bonchev–Trinajstić information content (AvgIpc) is 3.38. The van der Waals surface area contributed by atoms with E-state index >= 15 is 0 Å². The number of amides is 2. The Labute approximate surface area is 165 Å². The number of nitrogens with one attached hydrogen (secondary N) is 1. The molecular formula is C18H19N7O2S. The molecule has 1 fully saturated rings. The molecule has 0 aliphatic carbocycles. The number of hydrogen-bond acceptors (Lipinski definition) is 6. The molecule has 1 N–H and O–H groups in total. The van der Waals surface area contributed by atoms with Gasteiger partial charge < -0.3 is 14.8 Å². The number of carbonyl (C=O) groups excluding carboxylic acids is 2. The van der Waals surface area contributed by atoms with Gasteiger partial charge in [-0.2, -0.15) is 15.0 Å². The van der Waals surface area contributed by atoms with Crippen molar-refractivity contribution in [3.05, 3.63) is 52.5 Å². The van der Waals surface area contributed by atoms with Crippen molar-refractivity contribution >= 4 is 23.2 Å². The van der Waals surface area contributed by atoms with Crippen LogP contribution in [0.25, 0.3) is 0 Å². The lowest BCUT2D eigenvalue weighted by Gasteiger charge is -2.49. The number of imidazole rings is 1. The minimum Gasteiger partial charge on any atom is -0.342 e. The molecule has 0 radical (unpaired) electrons. The summed E-state index contributed by atoms with van der Waals surface area (Å²) in [7, 11) is 0. The summed E-state index contributed by atoms with van der Waals surface area (Å²) in [6.07, 6.45) is 7.54. The molecule has 5 heterocycles. The van der Waals surface area contributed by atoms with Crippen molar-refractivity contribution in [2.24, 2.45) is 0 Å². The van der Waals surface area contributed by atoms with Gasteiger partial charge in [0.2, 0.25) is 5.91 Å². The number of hydrogen-bond donors (Lipinski definition) is 1. The number of nitrogens with zero attached hydrogens (tertiary/aromatic N) is 6. The van der Waals surface area contributed by atoms with Gasteiger partial charge in [0.1, 0.15) is 12.4 Å². The van der Waals surface area contributed by atoms with Crippen LogP contribution >= 0.6 is 11.3 Å². The van der Waals surface area contributed by atoms with Gasteiger partial charge in [-0.15, -0.1) is 11.3 Å². The number of carbonyl (C=O) groups is 2. The Balaban J connectivity index is 1.28. The van der Waals surface area contributed by atoms with E-state index in [1.165, 1.54) is 4.80 Å². The van der Waals surface area contributed by atoms with E-state index in [9.17, 15) is 9.59 Å². The largest absolute Gasteiger partial charge is 0.342 e. The van der Waals surface area contributed by atoms with E-state index in [1.807, 2.05) is 24.6 Å². The minimum atomic E-state index is -0.207. The van der Waals surface area contributed by atoms with Crippen LogP contribution in [0.4, 0.5) is 0 Å². The van der Waals surface area contributed by atoms with Crippen LogP contribution in [0.1, 0.15) is 33.5 Å². The second-order valence-electron chi connectivity index (χ2n) is 7.37. The molecule has 144 valence electrons. The number of fused-ring (bicyclic) bond motifs is 2. The van der Waals surface area contributed by atoms with Crippen LogP contribution in [0, 0.1) is 6.92 Å². The summed E-state index contributed by atoms with van der Waals surface area (Å²) < 4.78 is 2.12. The third kappa shape index (κ3) is 2.71. The highest BCUT2D eigenvalue weighted by Crippen LogP contribution is 2.44. The summed E-state index contributed by atoms with van der Waals surface area (Å²) in [5.74, 6) is 0.754. The topological polar surface area (TPSA) is 97.9 Å². The highest BCUT2D eigenvalue weighted by atomic mass is 32.1. The van der Waals surface area contributed by atoms with E-state index < -0.39 is 0 Å². The fourth-order valence-electron chi connectivity index (χ4n) is 4.13. The van der Waals surface area contributed by atoms with Crippen LogP contribution in [0.15, 0.2) is 36.2 Å². The molecule has 0 aromatic carbocycles. The molecule has 3 aromatic rings. The molecule has 28 heavy (non-hydrogen) atoms. The second-order valence-corrected chi connectivity index (χ2v) is 8.48. The molecule has 2 aliphatic rings. The van der Waals surface area contributed by atoms with Gasteiger partial charge in [0, 0.05) is 42.2 Å². The minimum absolute atomic E-state index is 0.00951. The first-order valence-electron chi connectivity index (χ1n) is 9.06. The molecule has 0 saturated carbocycles. The zero-order valence-electron chi connectivity index (χ0n) is 15.3. The Kier molecular flexibility index (Phi) is 3.83. The van der Waals surface area contributed by atoms with Crippen LogP contribution in [-0.2, 0) is 16.9 Å². The lowest BCUT2D eigenvalue weighted by molar-refractivity contribution is -0.143. The van der Waals surface area contributed by atoms with Crippen molar-refractivity contribution in [2.45, 2.75) is 31.5 Å².